The van der Waals surface area contributed by atoms with Crippen molar-refractivity contribution in [2.24, 2.45) is 0 Å². The highest BCUT2D eigenvalue weighted by Crippen LogP contribution is 2.32. The Hall–Kier alpha value is -2.86. The first-order valence-electron chi connectivity index (χ1n) is 10.4. The molecule has 174 valence electrons. The third-order valence-electron chi connectivity index (χ3n) is 5.07. The fourth-order valence-corrected chi connectivity index (χ4v) is 3.51. The summed E-state index contributed by atoms with van der Waals surface area (Å²) in [5.74, 6) is 0.266. The van der Waals surface area contributed by atoms with E-state index < -0.39 is 12.8 Å². The molecule has 1 aliphatic heterocycles. The maximum Gasteiger partial charge on any atom is 0.422 e. The number of halogens is 3. The van der Waals surface area contributed by atoms with E-state index in [0.717, 1.165) is 12.8 Å². The summed E-state index contributed by atoms with van der Waals surface area (Å²) in [4.78, 5) is 4.40. The molecule has 0 saturated carbocycles. The molecule has 0 aliphatic carbocycles. The summed E-state index contributed by atoms with van der Waals surface area (Å²) in [5, 5.41) is 11.9. The Bertz CT molecular complexity index is 1050. The Labute approximate surface area is 182 Å². The molecule has 3 aromatic rings. The lowest BCUT2D eigenvalue weighted by molar-refractivity contribution is -0.154. The van der Waals surface area contributed by atoms with Gasteiger partial charge in [0.15, 0.2) is 12.3 Å². The zero-order chi connectivity index (χ0) is 22.7. The van der Waals surface area contributed by atoms with Crippen molar-refractivity contribution < 1.29 is 27.4 Å². The molecule has 1 unspecified atom stereocenters. The minimum Gasteiger partial charge on any atom is -0.467 e. The van der Waals surface area contributed by atoms with Gasteiger partial charge in [0.25, 0.3) is 0 Å². The lowest BCUT2D eigenvalue weighted by Gasteiger charge is -2.22. The number of hydrogen-bond donors (Lipinski definition) is 1. The zero-order valence-corrected chi connectivity index (χ0v) is 17.8. The van der Waals surface area contributed by atoms with Crippen LogP contribution in [0.25, 0.3) is 16.8 Å². The van der Waals surface area contributed by atoms with Crippen LogP contribution in [0, 0.1) is 0 Å². The predicted octanol–water partition coefficient (Wildman–Crippen LogP) is 3.68. The summed E-state index contributed by atoms with van der Waals surface area (Å²) < 4.78 is 57.8. The third-order valence-corrected chi connectivity index (χ3v) is 5.07. The maximum atomic E-state index is 13.0. The van der Waals surface area contributed by atoms with Gasteiger partial charge in [-0.25, -0.2) is 4.68 Å². The fourth-order valence-electron chi connectivity index (χ4n) is 3.51. The van der Waals surface area contributed by atoms with Crippen LogP contribution in [-0.4, -0.2) is 63.0 Å². The monoisotopic (exact) mass is 454 g/mol. The molecular formula is C20H25F3N6O3. The Kier molecular flexibility index (Phi) is 6.51. The second-order valence-corrected chi connectivity index (χ2v) is 7.46. The second-order valence-electron chi connectivity index (χ2n) is 7.46. The van der Waals surface area contributed by atoms with Crippen LogP contribution in [0.15, 0.2) is 24.5 Å². The van der Waals surface area contributed by atoms with E-state index in [9.17, 15) is 13.2 Å². The van der Waals surface area contributed by atoms with E-state index in [-0.39, 0.29) is 18.1 Å². The number of anilines is 1. The van der Waals surface area contributed by atoms with Gasteiger partial charge in [0.05, 0.1) is 6.20 Å². The molecular weight excluding hydrogens is 429 g/mol. The summed E-state index contributed by atoms with van der Waals surface area (Å²) in [6.45, 7) is 4.03. The first kappa shape index (κ1) is 22.3. The molecule has 4 heterocycles. The summed E-state index contributed by atoms with van der Waals surface area (Å²) >= 11 is 0. The van der Waals surface area contributed by atoms with Crippen LogP contribution in [0.1, 0.15) is 32.9 Å². The molecule has 0 bridgehead atoms. The van der Waals surface area contributed by atoms with Gasteiger partial charge in [-0.3, -0.25) is 0 Å². The molecule has 0 amide bonds. The standard InChI is InChI=1S/C20H25F3N6O3/c1-3-31-13(2)28-11-14(10-24-28)16-4-5-17-26-19(25-15-6-8-30-9-7-15)27-29(17)18(16)32-12-20(21,22)23/h4-5,10-11,13,15H,3,6-9,12H2,1-2H3,(H,25,27). The van der Waals surface area contributed by atoms with Gasteiger partial charge in [-0.2, -0.15) is 27.8 Å². The molecule has 1 aliphatic rings. The van der Waals surface area contributed by atoms with Crippen molar-refractivity contribution in [3.8, 4) is 17.0 Å². The molecule has 0 aromatic carbocycles. The maximum absolute atomic E-state index is 13.0. The van der Waals surface area contributed by atoms with Gasteiger partial charge in [0.2, 0.25) is 11.8 Å². The molecule has 1 atom stereocenters. The van der Waals surface area contributed by atoms with Crippen LogP contribution in [0.2, 0.25) is 0 Å². The van der Waals surface area contributed by atoms with E-state index in [1.165, 1.54) is 4.52 Å². The van der Waals surface area contributed by atoms with Crippen molar-refractivity contribution in [2.45, 2.75) is 45.1 Å². The number of fused-ring (bicyclic) bond motifs is 1. The van der Waals surface area contributed by atoms with Crippen molar-refractivity contribution >= 4 is 11.6 Å². The SMILES string of the molecule is CCOC(C)n1cc(-c2ccc3nc(NC4CCOCC4)nn3c2OCC(F)(F)F)cn1. The van der Waals surface area contributed by atoms with Crippen molar-refractivity contribution in [1.82, 2.24) is 24.4 Å². The van der Waals surface area contributed by atoms with E-state index in [1.54, 1.807) is 29.2 Å². The number of ether oxygens (including phenoxy) is 3. The van der Waals surface area contributed by atoms with Crippen LogP contribution in [0.3, 0.4) is 0 Å². The zero-order valence-electron chi connectivity index (χ0n) is 17.8. The van der Waals surface area contributed by atoms with Crippen molar-refractivity contribution in [3.05, 3.63) is 24.5 Å². The Morgan fingerprint density at radius 3 is 2.78 bits per heavy atom. The Morgan fingerprint density at radius 2 is 2.06 bits per heavy atom. The van der Waals surface area contributed by atoms with Gasteiger partial charge in [0.1, 0.15) is 6.23 Å². The smallest absolute Gasteiger partial charge is 0.422 e. The van der Waals surface area contributed by atoms with Crippen LogP contribution in [-0.2, 0) is 9.47 Å². The number of nitrogens with one attached hydrogen (secondary N) is 1. The van der Waals surface area contributed by atoms with E-state index in [4.69, 9.17) is 14.2 Å². The molecule has 0 spiro atoms. The first-order chi connectivity index (χ1) is 15.3. The number of rotatable bonds is 8. The number of aromatic nitrogens is 5. The molecule has 32 heavy (non-hydrogen) atoms. The number of nitrogens with zero attached hydrogens (tertiary/aromatic N) is 5. The van der Waals surface area contributed by atoms with Gasteiger partial charge in [0, 0.05) is 43.2 Å². The molecule has 1 fully saturated rings. The first-order valence-corrected chi connectivity index (χ1v) is 10.4. The van der Waals surface area contributed by atoms with E-state index in [0.29, 0.717) is 42.5 Å². The van der Waals surface area contributed by atoms with Crippen LogP contribution in [0.5, 0.6) is 5.88 Å². The number of pyridine rings is 1. The van der Waals surface area contributed by atoms with Crippen molar-refractivity contribution in [1.29, 1.82) is 0 Å². The minimum atomic E-state index is -4.50. The van der Waals surface area contributed by atoms with E-state index in [1.807, 2.05) is 13.8 Å². The minimum absolute atomic E-state index is 0.0593. The molecule has 1 saturated heterocycles. The lowest BCUT2D eigenvalue weighted by Crippen LogP contribution is -2.28. The Morgan fingerprint density at radius 1 is 1.28 bits per heavy atom. The van der Waals surface area contributed by atoms with Crippen molar-refractivity contribution in [3.63, 3.8) is 0 Å². The average molecular weight is 454 g/mol. The van der Waals surface area contributed by atoms with Gasteiger partial charge in [-0.05, 0) is 38.8 Å². The molecule has 1 N–H and O–H groups in total. The fraction of sp³-hybridized carbons (Fsp3) is 0.550. The predicted molar refractivity (Wildman–Crippen MR) is 110 cm³/mol. The molecule has 12 heteroatoms. The second kappa shape index (κ2) is 9.33. The van der Waals surface area contributed by atoms with Crippen LogP contribution < -0.4 is 10.1 Å². The average Bonchev–Trinajstić information content (AvgIpc) is 3.39. The van der Waals surface area contributed by atoms with Crippen LogP contribution in [0.4, 0.5) is 19.1 Å². The number of alkyl halides is 3. The number of hydrogen-bond acceptors (Lipinski definition) is 7. The highest BCUT2D eigenvalue weighted by atomic mass is 19.4. The van der Waals surface area contributed by atoms with E-state index >= 15 is 0 Å². The highest BCUT2D eigenvalue weighted by Gasteiger charge is 2.30. The van der Waals surface area contributed by atoms with Crippen molar-refractivity contribution in [2.75, 3.05) is 31.7 Å². The summed E-state index contributed by atoms with van der Waals surface area (Å²) in [5.41, 5.74) is 1.36. The lowest BCUT2D eigenvalue weighted by atomic mass is 10.1. The van der Waals surface area contributed by atoms with E-state index in [2.05, 4.69) is 20.5 Å². The largest absolute Gasteiger partial charge is 0.467 e. The molecule has 9 nitrogen and oxygen atoms in total. The Balaban J connectivity index is 1.69. The summed E-state index contributed by atoms with van der Waals surface area (Å²) in [6.07, 6.45) is 0.0236. The third kappa shape index (κ3) is 5.13. The van der Waals surface area contributed by atoms with Gasteiger partial charge in [-0.15, -0.1) is 5.10 Å². The molecule has 4 rings (SSSR count). The normalized spacial score (nSPS) is 16.4. The van der Waals surface area contributed by atoms with Crippen LogP contribution >= 0.6 is 0 Å². The van der Waals surface area contributed by atoms with Gasteiger partial charge >= 0.3 is 6.18 Å². The summed E-state index contributed by atoms with van der Waals surface area (Å²) in [6, 6.07) is 3.47. The quantitative estimate of drug-likeness (QED) is 0.556. The highest BCUT2D eigenvalue weighted by molar-refractivity contribution is 5.70. The molecule has 3 aromatic heterocycles. The van der Waals surface area contributed by atoms with Gasteiger partial charge < -0.3 is 19.5 Å². The topological polar surface area (TPSA) is 87.7 Å². The van der Waals surface area contributed by atoms with Gasteiger partial charge in [-0.1, -0.05) is 0 Å². The molecule has 0 radical (unpaired) electrons. The summed E-state index contributed by atoms with van der Waals surface area (Å²) in [7, 11) is 0.